The third-order valence-electron chi connectivity index (χ3n) is 2.19. The molecule has 78 valence electrons. The Morgan fingerprint density at radius 2 is 1.93 bits per heavy atom. The number of hydrogen-bond donors (Lipinski definition) is 1. The summed E-state index contributed by atoms with van der Waals surface area (Å²) in [6.07, 6.45) is 0. The Kier molecular flexibility index (Phi) is 5.20. The van der Waals surface area contributed by atoms with Gasteiger partial charge in [-0.25, -0.2) is 4.79 Å². The van der Waals surface area contributed by atoms with Gasteiger partial charge in [0, 0.05) is 11.6 Å². The summed E-state index contributed by atoms with van der Waals surface area (Å²) in [5.41, 5.74) is 0.891. The molecule has 0 atom stereocenters. The van der Waals surface area contributed by atoms with Crippen LogP contribution in [0.1, 0.15) is 24.3 Å². The van der Waals surface area contributed by atoms with Crippen molar-refractivity contribution < 1.29 is 17.7 Å². The fraction of sp³-hybridized carbons (Fsp3) is 0.222. The SMILES string of the molecule is Cc1c(C(=O)O)ccc([N+](=O)[O-])c1C.[Ca+2].[H-].[H-]. The summed E-state index contributed by atoms with van der Waals surface area (Å²) >= 11 is 0. The Morgan fingerprint density at radius 3 is 2.33 bits per heavy atom. The number of nitro groups is 1. The molecular weight excluding hydrogens is 226 g/mol. The molecule has 0 amide bonds. The molecule has 5 nitrogen and oxygen atoms in total. The monoisotopic (exact) mass is 237 g/mol. The molecule has 0 bridgehead atoms. The van der Waals surface area contributed by atoms with Crippen LogP contribution in [0.25, 0.3) is 0 Å². The van der Waals surface area contributed by atoms with E-state index in [1.54, 1.807) is 13.8 Å². The summed E-state index contributed by atoms with van der Waals surface area (Å²) in [5, 5.41) is 19.3. The quantitative estimate of drug-likeness (QED) is 0.482. The van der Waals surface area contributed by atoms with Gasteiger partial charge in [0.05, 0.1) is 10.5 Å². The van der Waals surface area contributed by atoms with Crippen LogP contribution in [0.3, 0.4) is 0 Å². The number of rotatable bonds is 2. The second-order valence-electron chi connectivity index (χ2n) is 2.94. The molecule has 1 rings (SSSR count). The van der Waals surface area contributed by atoms with E-state index in [0.29, 0.717) is 11.1 Å². The van der Waals surface area contributed by atoms with Gasteiger partial charge in [-0.3, -0.25) is 10.1 Å². The van der Waals surface area contributed by atoms with Crippen molar-refractivity contribution in [3.63, 3.8) is 0 Å². The number of aromatic carboxylic acids is 1. The number of carboxylic acid groups (broad SMARTS) is 1. The Bertz CT molecular complexity index is 387. The Morgan fingerprint density at radius 1 is 1.40 bits per heavy atom. The fourth-order valence-electron chi connectivity index (χ4n) is 1.24. The molecule has 0 heterocycles. The van der Waals surface area contributed by atoms with Crippen molar-refractivity contribution in [2.75, 3.05) is 0 Å². The van der Waals surface area contributed by atoms with Gasteiger partial charge in [0.25, 0.3) is 5.69 Å². The molecule has 0 aromatic heterocycles. The van der Waals surface area contributed by atoms with E-state index in [0.717, 1.165) is 0 Å². The normalized spacial score (nSPS) is 9.20. The van der Waals surface area contributed by atoms with E-state index in [2.05, 4.69) is 0 Å². The van der Waals surface area contributed by atoms with Crippen LogP contribution in [0.2, 0.25) is 0 Å². The van der Waals surface area contributed by atoms with Crippen molar-refractivity contribution in [3.05, 3.63) is 38.9 Å². The van der Waals surface area contributed by atoms with Gasteiger partial charge in [0.1, 0.15) is 0 Å². The van der Waals surface area contributed by atoms with E-state index >= 15 is 0 Å². The topological polar surface area (TPSA) is 80.4 Å². The average Bonchev–Trinajstić information content (AvgIpc) is 2.08. The second-order valence-corrected chi connectivity index (χ2v) is 2.94. The standard InChI is InChI=1S/C9H9NO4.Ca.2H/c1-5-6(2)8(10(13)14)4-3-7(5)9(11)12;;;/h3-4H,1-2H3,(H,11,12);;;/q;+2;2*-1. The molecule has 0 radical (unpaired) electrons. The average molecular weight is 237 g/mol. The first kappa shape index (κ1) is 14.3. The zero-order valence-corrected chi connectivity index (χ0v) is 10.7. The summed E-state index contributed by atoms with van der Waals surface area (Å²) < 4.78 is 0. The molecule has 0 aliphatic rings. The van der Waals surface area contributed by atoms with Crippen molar-refractivity contribution in [1.82, 2.24) is 0 Å². The van der Waals surface area contributed by atoms with Crippen LogP contribution in [0.4, 0.5) is 5.69 Å². The van der Waals surface area contributed by atoms with Crippen LogP contribution in [0, 0.1) is 24.0 Å². The first-order valence-electron chi connectivity index (χ1n) is 3.93. The van der Waals surface area contributed by atoms with Gasteiger partial charge in [-0.1, -0.05) is 0 Å². The molecule has 0 unspecified atom stereocenters. The minimum Gasteiger partial charge on any atom is -1.00 e. The van der Waals surface area contributed by atoms with Crippen LogP contribution in [-0.4, -0.2) is 53.7 Å². The first-order chi connectivity index (χ1) is 6.45. The molecule has 0 spiro atoms. The van der Waals surface area contributed by atoms with Gasteiger partial charge < -0.3 is 7.96 Å². The largest absolute Gasteiger partial charge is 2.00 e. The van der Waals surface area contributed by atoms with Crippen molar-refractivity contribution in [3.8, 4) is 0 Å². The van der Waals surface area contributed by atoms with E-state index in [1.807, 2.05) is 0 Å². The first-order valence-corrected chi connectivity index (χ1v) is 3.93. The Labute approximate surface area is 119 Å². The van der Waals surface area contributed by atoms with E-state index in [4.69, 9.17) is 5.11 Å². The van der Waals surface area contributed by atoms with Gasteiger partial charge in [-0.15, -0.1) is 0 Å². The summed E-state index contributed by atoms with van der Waals surface area (Å²) in [7, 11) is 0. The van der Waals surface area contributed by atoms with Gasteiger partial charge in [0.2, 0.25) is 0 Å². The molecule has 1 N–H and O–H groups in total. The van der Waals surface area contributed by atoms with Gasteiger partial charge in [-0.2, -0.15) is 0 Å². The fourth-order valence-corrected chi connectivity index (χ4v) is 1.24. The molecule has 0 saturated carbocycles. The maximum Gasteiger partial charge on any atom is 2.00 e. The molecular formula is C9H11CaNO4. The van der Waals surface area contributed by atoms with Crippen LogP contribution >= 0.6 is 0 Å². The smallest absolute Gasteiger partial charge is 1.00 e. The minimum atomic E-state index is -1.07. The Balaban J connectivity index is -0.000000653. The summed E-state index contributed by atoms with van der Waals surface area (Å²) in [6, 6.07) is 2.47. The summed E-state index contributed by atoms with van der Waals surface area (Å²) in [4.78, 5) is 20.7. The molecule has 1 aromatic carbocycles. The number of nitrogens with zero attached hydrogens (tertiary/aromatic N) is 1. The van der Waals surface area contributed by atoms with Crippen molar-refractivity contribution in [1.29, 1.82) is 0 Å². The number of carboxylic acids is 1. The zero-order valence-electron chi connectivity index (χ0n) is 10.5. The predicted octanol–water partition coefficient (Wildman–Crippen LogP) is 1.75. The molecule has 15 heavy (non-hydrogen) atoms. The molecule has 1 aromatic rings. The van der Waals surface area contributed by atoms with Gasteiger partial charge >= 0.3 is 43.7 Å². The second kappa shape index (κ2) is 5.44. The van der Waals surface area contributed by atoms with E-state index in [1.165, 1.54) is 12.1 Å². The maximum absolute atomic E-state index is 10.7. The number of hydrogen-bond acceptors (Lipinski definition) is 3. The molecule has 6 heteroatoms. The Hall–Kier alpha value is -0.650. The van der Waals surface area contributed by atoms with E-state index < -0.39 is 10.9 Å². The zero-order chi connectivity index (χ0) is 10.9. The number of nitro benzene ring substituents is 1. The van der Waals surface area contributed by atoms with Crippen LogP contribution < -0.4 is 0 Å². The molecule has 0 aliphatic carbocycles. The van der Waals surface area contributed by atoms with Crippen LogP contribution in [0.5, 0.6) is 0 Å². The summed E-state index contributed by atoms with van der Waals surface area (Å²) in [5.74, 6) is -1.07. The molecule has 0 aliphatic heterocycles. The molecule has 0 fully saturated rings. The number of benzene rings is 1. The van der Waals surface area contributed by atoms with Gasteiger partial charge in [0.15, 0.2) is 0 Å². The predicted molar refractivity (Wildman–Crippen MR) is 57.5 cm³/mol. The van der Waals surface area contributed by atoms with Crippen molar-refractivity contribution >= 4 is 49.4 Å². The van der Waals surface area contributed by atoms with E-state index in [9.17, 15) is 14.9 Å². The maximum atomic E-state index is 10.7. The van der Waals surface area contributed by atoms with Crippen LogP contribution in [-0.2, 0) is 0 Å². The van der Waals surface area contributed by atoms with Gasteiger partial charge in [-0.05, 0) is 25.5 Å². The third kappa shape index (κ3) is 2.90. The van der Waals surface area contributed by atoms with Crippen molar-refractivity contribution in [2.45, 2.75) is 13.8 Å². The van der Waals surface area contributed by atoms with E-state index in [-0.39, 0.29) is 51.8 Å². The van der Waals surface area contributed by atoms with Crippen LogP contribution in [0.15, 0.2) is 12.1 Å². The minimum absolute atomic E-state index is 0. The third-order valence-corrected chi connectivity index (χ3v) is 2.19. The summed E-state index contributed by atoms with van der Waals surface area (Å²) in [6.45, 7) is 3.10. The van der Waals surface area contributed by atoms with Crippen molar-refractivity contribution in [2.24, 2.45) is 0 Å². The molecule has 0 saturated heterocycles. The number of carbonyl (C=O) groups is 1.